The van der Waals surface area contributed by atoms with Crippen molar-refractivity contribution < 1.29 is 9.53 Å². The Morgan fingerprint density at radius 1 is 1.20 bits per heavy atom. The van der Waals surface area contributed by atoms with Crippen molar-refractivity contribution in [2.45, 2.75) is 64.1 Å². The van der Waals surface area contributed by atoms with Gasteiger partial charge in [0, 0.05) is 38.3 Å². The van der Waals surface area contributed by atoms with E-state index in [2.05, 4.69) is 15.5 Å². The third kappa shape index (κ3) is 4.63. The molecule has 0 unspecified atom stereocenters. The molecule has 116 valence electrons. The van der Waals surface area contributed by atoms with Crippen molar-refractivity contribution in [1.82, 2.24) is 15.5 Å². The van der Waals surface area contributed by atoms with E-state index in [0.29, 0.717) is 6.04 Å². The van der Waals surface area contributed by atoms with Crippen LogP contribution in [0.15, 0.2) is 0 Å². The summed E-state index contributed by atoms with van der Waals surface area (Å²) in [7, 11) is 0. The minimum Gasteiger partial charge on any atom is -0.444 e. The van der Waals surface area contributed by atoms with E-state index in [9.17, 15) is 4.79 Å². The molecule has 2 rings (SSSR count). The van der Waals surface area contributed by atoms with E-state index in [1.165, 1.54) is 19.3 Å². The second-order valence-corrected chi connectivity index (χ2v) is 6.89. The van der Waals surface area contributed by atoms with E-state index < -0.39 is 5.60 Å². The second-order valence-electron chi connectivity index (χ2n) is 6.89. The molecule has 1 aliphatic carbocycles. The highest BCUT2D eigenvalue weighted by molar-refractivity contribution is 5.68. The first-order chi connectivity index (χ1) is 9.46. The number of hydrogen-bond donors (Lipinski definition) is 2. The Morgan fingerprint density at radius 3 is 2.50 bits per heavy atom. The molecular formula is C15H29N3O2. The molecule has 5 heteroatoms. The molecule has 0 bridgehead atoms. The number of nitrogens with zero attached hydrogens (tertiary/aromatic N) is 1. The fourth-order valence-corrected chi connectivity index (χ4v) is 3.19. The van der Waals surface area contributed by atoms with Crippen LogP contribution < -0.4 is 10.6 Å². The molecule has 0 aromatic rings. The van der Waals surface area contributed by atoms with Gasteiger partial charge >= 0.3 is 6.09 Å². The van der Waals surface area contributed by atoms with Crippen molar-refractivity contribution in [3.63, 3.8) is 0 Å². The molecule has 1 saturated heterocycles. The maximum Gasteiger partial charge on any atom is 0.407 e. The summed E-state index contributed by atoms with van der Waals surface area (Å²) in [5, 5.41) is 6.49. The smallest absolute Gasteiger partial charge is 0.407 e. The number of hydrogen-bond acceptors (Lipinski definition) is 4. The largest absolute Gasteiger partial charge is 0.444 e. The highest BCUT2D eigenvalue weighted by Gasteiger charge is 2.32. The molecule has 20 heavy (non-hydrogen) atoms. The molecule has 5 nitrogen and oxygen atoms in total. The van der Waals surface area contributed by atoms with Crippen LogP contribution in [0.4, 0.5) is 4.79 Å². The van der Waals surface area contributed by atoms with E-state index in [-0.39, 0.29) is 12.1 Å². The summed E-state index contributed by atoms with van der Waals surface area (Å²) >= 11 is 0. The number of nitrogens with one attached hydrogen (secondary N) is 2. The van der Waals surface area contributed by atoms with Crippen molar-refractivity contribution in [3.8, 4) is 0 Å². The Kier molecular flexibility index (Phi) is 5.27. The Hall–Kier alpha value is -0.810. The van der Waals surface area contributed by atoms with Gasteiger partial charge in [0.2, 0.25) is 0 Å². The molecule has 0 radical (unpaired) electrons. The van der Waals surface area contributed by atoms with Gasteiger partial charge in [-0.2, -0.15) is 0 Å². The van der Waals surface area contributed by atoms with E-state index in [4.69, 9.17) is 4.74 Å². The lowest BCUT2D eigenvalue weighted by Crippen LogP contribution is -2.58. The Morgan fingerprint density at radius 2 is 1.85 bits per heavy atom. The summed E-state index contributed by atoms with van der Waals surface area (Å²) in [4.78, 5) is 14.5. The first-order valence-corrected chi connectivity index (χ1v) is 7.90. The van der Waals surface area contributed by atoms with Crippen molar-refractivity contribution >= 4 is 6.09 Å². The second kappa shape index (κ2) is 6.76. The maximum atomic E-state index is 12.0. The third-order valence-corrected chi connectivity index (χ3v) is 4.05. The molecule has 0 spiro atoms. The van der Waals surface area contributed by atoms with Crippen molar-refractivity contribution in [2.24, 2.45) is 0 Å². The summed E-state index contributed by atoms with van der Waals surface area (Å²) < 4.78 is 5.40. The molecule has 2 atom stereocenters. The van der Waals surface area contributed by atoms with E-state index in [1.807, 2.05) is 20.8 Å². The number of carbonyl (C=O) groups is 1. The molecule has 0 aromatic heterocycles. The predicted molar refractivity (Wildman–Crippen MR) is 79.9 cm³/mol. The molecule has 2 fully saturated rings. The predicted octanol–water partition coefficient (Wildman–Crippen LogP) is 1.73. The standard InChI is InChI=1S/C15H29N3O2/c1-15(2,3)20-14(19)17-12-6-4-5-7-13(12)18-10-8-16-9-11-18/h12-13,16H,4-11H2,1-3H3,(H,17,19)/t12-,13-/m1/s1. The lowest BCUT2D eigenvalue weighted by Gasteiger charge is -2.42. The number of alkyl carbamates (subject to hydrolysis) is 1. The Bertz CT molecular complexity index is 322. The van der Waals surface area contributed by atoms with E-state index in [1.54, 1.807) is 0 Å². The zero-order valence-electron chi connectivity index (χ0n) is 13.1. The van der Waals surface area contributed by atoms with Crippen LogP contribution in [0.2, 0.25) is 0 Å². The van der Waals surface area contributed by atoms with Gasteiger partial charge in [0.05, 0.1) is 0 Å². The average Bonchev–Trinajstić information content (AvgIpc) is 2.38. The van der Waals surface area contributed by atoms with E-state index >= 15 is 0 Å². The van der Waals surface area contributed by atoms with Crippen LogP contribution in [0, 0.1) is 0 Å². The van der Waals surface area contributed by atoms with Crippen LogP contribution in [0.1, 0.15) is 46.5 Å². The summed E-state index contributed by atoms with van der Waals surface area (Å²) in [5.74, 6) is 0. The minimum absolute atomic E-state index is 0.233. The van der Waals surface area contributed by atoms with Gasteiger partial charge in [-0.25, -0.2) is 4.79 Å². The fraction of sp³-hybridized carbons (Fsp3) is 0.933. The lowest BCUT2D eigenvalue weighted by atomic mass is 9.89. The summed E-state index contributed by atoms with van der Waals surface area (Å²) in [5.41, 5.74) is -0.427. The van der Waals surface area contributed by atoms with Crippen molar-refractivity contribution in [3.05, 3.63) is 0 Å². The first kappa shape index (κ1) is 15.6. The number of piperazine rings is 1. The van der Waals surface area contributed by atoms with Gasteiger partial charge in [0.15, 0.2) is 0 Å². The van der Waals surface area contributed by atoms with Crippen LogP contribution in [0.5, 0.6) is 0 Å². The van der Waals surface area contributed by atoms with Gasteiger partial charge in [-0.1, -0.05) is 12.8 Å². The number of rotatable bonds is 2. The van der Waals surface area contributed by atoms with Gasteiger partial charge in [0.25, 0.3) is 0 Å². The lowest BCUT2D eigenvalue weighted by molar-refractivity contribution is 0.0413. The van der Waals surface area contributed by atoms with Crippen LogP contribution in [0.3, 0.4) is 0 Å². The molecule has 2 aliphatic rings. The average molecular weight is 283 g/mol. The van der Waals surface area contributed by atoms with Crippen molar-refractivity contribution in [1.29, 1.82) is 0 Å². The number of ether oxygens (including phenoxy) is 1. The number of amides is 1. The molecule has 1 heterocycles. The van der Waals surface area contributed by atoms with Gasteiger partial charge in [-0.3, -0.25) is 4.90 Å². The first-order valence-electron chi connectivity index (χ1n) is 7.90. The normalized spacial score (nSPS) is 28.9. The van der Waals surface area contributed by atoms with Crippen molar-refractivity contribution in [2.75, 3.05) is 26.2 Å². The summed E-state index contributed by atoms with van der Waals surface area (Å²) in [6.45, 7) is 9.98. The van der Waals surface area contributed by atoms with Gasteiger partial charge < -0.3 is 15.4 Å². The molecule has 2 N–H and O–H groups in total. The molecule has 1 amide bonds. The van der Waals surface area contributed by atoms with Gasteiger partial charge in [-0.05, 0) is 33.6 Å². The molecule has 0 aromatic carbocycles. The van der Waals surface area contributed by atoms with Gasteiger partial charge in [-0.15, -0.1) is 0 Å². The maximum absolute atomic E-state index is 12.0. The third-order valence-electron chi connectivity index (χ3n) is 4.05. The van der Waals surface area contributed by atoms with Crippen LogP contribution in [-0.2, 0) is 4.74 Å². The summed E-state index contributed by atoms with van der Waals surface area (Å²) in [6.07, 6.45) is 4.43. The Balaban J connectivity index is 1.91. The highest BCUT2D eigenvalue weighted by Crippen LogP contribution is 2.24. The monoisotopic (exact) mass is 283 g/mol. The fourth-order valence-electron chi connectivity index (χ4n) is 3.19. The zero-order chi connectivity index (χ0) is 14.6. The topological polar surface area (TPSA) is 53.6 Å². The molecule has 1 aliphatic heterocycles. The number of carbonyl (C=O) groups excluding carboxylic acids is 1. The zero-order valence-corrected chi connectivity index (χ0v) is 13.1. The van der Waals surface area contributed by atoms with Crippen LogP contribution in [-0.4, -0.2) is 54.9 Å². The SMILES string of the molecule is CC(C)(C)OC(=O)N[C@@H]1CCCC[C@H]1N1CCNCC1. The highest BCUT2D eigenvalue weighted by atomic mass is 16.6. The quantitative estimate of drug-likeness (QED) is 0.810. The minimum atomic E-state index is -0.427. The molecular weight excluding hydrogens is 254 g/mol. The Labute approximate surface area is 122 Å². The van der Waals surface area contributed by atoms with Gasteiger partial charge in [0.1, 0.15) is 5.60 Å². The van der Waals surface area contributed by atoms with Crippen LogP contribution in [0.25, 0.3) is 0 Å². The molecule has 1 saturated carbocycles. The van der Waals surface area contributed by atoms with E-state index in [0.717, 1.165) is 32.6 Å². The summed E-state index contributed by atoms with van der Waals surface area (Å²) in [6, 6.07) is 0.704. The van der Waals surface area contributed by atoms with Crippen LogP contribution >= 0.6 is 0 Å².